The van der Waals surface area contributed by atoms with E-state index in [9.17, 15) is 4.79 Å². The quantitative estimate of drug-likeness (QED) is 0.580. The Morgan fingerprint density at radius 1 is 1.47 bits per heavy atom. The molecule has 0 unspecified atom stereocenters. The average molecular weight is 202 g/mol. The minimum atomic E-state index is -0.00329. The van der Waals surface area contributed by atoms with Crippen molar-refractivity contribution in [2.24, 2.45) is 0 Å². The number of amides is 1. The van der Waals surface area contributed by atoms with Gasteiger partial charge in [0, 0.05) is 12.7 Å². The van der Waals surface area contributed by atoms with Crippen molar-refractivity contribution in [1.29, 1.82) is 0 Å². The maximum absolute atomic E-state index is 11.6. The summed E-state index contributed by atoms with van der Waals surface area (Å²) in [6, 6.07) is 9.48. The Balaban J connectivity index is 2.51. The third-order valence-electron chi connectivity index (χ3n) is 2.02. The van der Waals surface area contributed by atoms with Gasteiger partial charge in [0.25, 0.3) is 0 Å². The van der Waals surface area contributed by atoms with Crippen molar-refractivity contribution in [2.45, 2.75) is 0 Å². The number of rotatable bonds is 4. The van der Waals surface area contributed by atoms with Crippen LogP contribution in [-0.2, 0) is 4.79 Å². The molecule has 1 aromatic rings. The smallest absolute Gasteiger partial charge is 0.240 e. The molecule has 0 aromatic heterocycles. The number of likely N-dealkylation sites (N-methyl/N-ethyl adjacent to an activating group) is 1. The fourth-order valence-electron chi connectivity index (χ4n) is 1.16. The maximum Gasteiger partial charge on any atom is 0.240 e. The highest BCUT2D eigenvalue weighted by atomic mass is 16.2. The number of carbonyl (C=O) groups excluding carboxylic acids is 1. The molecule has 78 valence electrons. The number of benzene rings is 1. The van der Waals surface area contributed by atoms with Crippen LogP contribution >= 0.6 is 0 Å². The maximum atomic E-state index is 11.6. The van der Waals surface area contributed by atoms with Crippen molar-refractivity contribution in [3.8, 4) is 12.3 Å². The highest BCUT2D eigenvalue weighted by Crippen LogP contribution is 2.10. The summed E-state index contributed by atoms with van der Waals surface area (Å²) in [6.45, 7) is 0.671. The molecule has 0 saturated carbocycles. The zero-order valence-electron chi connectivity index (χ0n) is 8.73. The van der Waals surface area contributed by atoms with Gasteiger partial charge < -0.3 is 4.90 Å². The van der Waals surface area contributed by atoms with Crippen molar-refractivity contribution in [2.75, 3.05) is 25.0 Å². The Bertz CT molecular complexity index is 354. The van der Waals surface area contributed by atoms with Gasteiger partial charge in [-0.1, -0.05) is 24.1 Å². The Hall–Kier alpha value is -1.79. The molecule has 0 aliphatic rings. The summed E-state index contributed by atoms with van der Waals surface area (Å²) in [4.78, 5) is 13.2. The van der Waals surface area contributed by atoms with Gasteiger partial charge >= 0.3 is 0 Å². The molecule has 1 aromatic carbocycles. The van der Waals surface area contributed by atoms with Crippen molar-refractivity contribution in [3.63, 3.8) is 0 Å². The third-order valence-corrected chi connectivity index (χ3v) is 2.02. The highest BCUT2D eigenvalue weighted by Gasteiger charge is 2.08. The summed E-state index contributed by atoms with van der Waals surface area (Å²) < 4.78 is 0. The van der Waals surface area contributed by atoms with Gasteiger partial charge in [0.2, 0.25) is 5.91 Å². The van der Waals surface area contributed by atoms with Gasteiger partial charge in [0.15, 0.2) is 0 Å². The van der Waals surface area contributed by atoms with Crippen molar-refractivity contribution in [3.05, 3.63) is 30.3 Å². The highest BCUT2D eigenvalue weighted by molar-refractivity contribution is 5.94. The lowest BCUT2D eigenvalue weighted by atomic mass is 10.3. The van der Waals surface area contributed by atoms with Crippen LogP contribution in [0.2, 0.25) is 0 Å². The second kappa shape index (κ2) is 5.84. The number of para-hydroxylation sites is 1. The van der Waals surface area contributed by atoms with Gasteiger partial charge in [-0.05, 0) is 12.1 Å². The normalized spacial score (nSPS) is 9.33. The van der Waals surface area contributed by atoms with E-state index >= 15 is 0 Å². The van der Waals surface area contributed by atoms with Gasteiger partial charge in [-0.2, -0.15) is 0 Å². The largest absolute Gasteiger partial charge is 0.314 e. The SMILES string of the molecule is C#CCNCC(=O)N(C)c1ccccc1. The lowest BCUT2D eigenvalue weighted by Crippen LogP contribution is -2.35. The van der Waals surface area contributed by atoms with E-state index in [1.165, 1.54) is 0 Å². The molecule has 3 heteroatoms. The molecular weight excluding hydrogens is 188 g/mol. The van der Waals surface area contributed by atoms with E-state index < -0.39 is 0 Å². The van der Waals surface area contributed by atoms with Crippen LogP contribution in [0.4, 0.5) is 5.69 Å². The van der Waals surface area contributed by atoms with Crippen molar-refractivity contribution < 1.29 is 4.79 Å². The number of nitrogens with zero attached hydrogens (tertiary/aromatic N) is 1. The van der Waals surface area contributed by atoms with Gasteiger partial charge in [0.05, 0.1) is 13.1 Å². The van der Waals surface area contributed by atoms with Crippen LogP contribution in [0, 0.1) is 12.3 Å². The van der Waals surface area contributed by atoms with E-state index in [1.807, 2.05) is 30.3 Å². The molecule has 1 N–H and O–H groups in total. The first-order chi connectivity index (χ1) is 7.25. The molecule has 0 heterocycles. The molecule has 0 bridgehead atoms. The fraction of sp³-hybridized carbons (Fsp3) is 0.250. The molecule has 0 fully saturated rings. The summed E-state index contributed by atoms with van der Waals surface area (Å²) in [6.07, 6.45) is 5.06. The Kier molecular flexibility index (Phi) is 4.39. The second-order valence-electron chi connectivity index (χ2n) is 3.10. The number of anilines is 1. The number of carbonyl (C=O) groups is 1. The number of hydrogen-bond donors (Lipinski definition) is 1. The number of nitrogens with one attached hydrogen (secondary N) is 1. The molecule has 15 heavy (non-hydrogen) atoms. The zero-order chi connectivity index (χ0) is 11.1. The van der Waals surface area contributed by atoms with Crippen LogP contribution in [-0.4, -0.2) is 26.0 Å². The minimum absolute atomic E-state index is 0.00329. The van der Waals surface area contributed by atoms with E-state index in [-0.39, 0.29) is 12.5 Å². The number of terminal acetylenes is 1. The zero-order valence-corrected chi connectivity index (χ0v) is 8.73. The van der Waals surface area contributed by atoms with Crippen molar-refractivity contribution in [1.82, 2.24) is 5.32 Å². The van der Waals surface area contributed by atoms with Crippen LogP contribution in [0.25, 0.3) is 0 Å². The number of hydrogen-bond acceptors (Lipinski definition) is 2. The Morgan fingerprint density at radius 3 is 2.73 bits per heavy atom. The molecule has 0 atom stereocenters. The molecule has 0 saturated heterocycles. The second-order valence-corrected chi connectivity index (χ2v) is 3.10. The third kappa shape index (κ3) is 3.45. The van der Waals surface area contributed by atoms with E-state index in [1.54, 1.807) is 11.9 Å². The van der Waals surface area contributed by atoms with Gasteiger partial charge in [-0.15, -0.1) is 6.42 Å². The molecule has 0 spiro atoms. The molecule has 0 aliphatic heterocycles. The first kappa shape index (κ1) is 11.3. The summed E-state index contributed by atoms with van der Waals surface area (Å²) >= 11 is 0. The van der Waals surface area contributed by atoms with Crippen LogP contribution in [0.5, 0.6) is 0 Å². The summed E-state index contributed by atoms with van der Waals surface area (Å²) in [5.74, 6) is 2.42. The van der Waals surface area contributed by atoms with Crippen LogP contribution in [0.1, 0.15) is 0 Å². The van der Waals surface area contributed by atoms with E-state index in [4.69, 9.17) is 6.42 Å². The fourth-order valence-corrected chi connectivity index (χ4v) is 1.16. The summed E-state index contributed by atoms with van der Waals surface area (Å²) in [5, 5.41) is 2.86. The van der Waals surface area contributed by atoms with Crippen LogP contribution < -0.4 is 10.2 Å². The van der Waals surface area contributed by atoms with E-state index in [0.29, 0.717) is 6.54 Å². The lowest BCUT2D eigenvalue weighted by Gasteiger charge is -2.16. The summed E-state index contributed by atoms with van der Waals surface area (Å²) in [7, 11) is 1.75. The Morgan fingerprint density at radius 2 is 2.13 bits per heavy atom. The predicted octanol–water partition coefficient (Wildman–Crippen LogP) is 0.872. The molecule has 3 nitrogen and oxygen atoms in total. The Labute approximate surface area is 90.1 Å². The molecule has 1 rings (SSSR count). The van der Waals surface area contributed by atoms with Gasteiger partial charge in [-0.25, -0.2) is 0 Å². The standard InChI is InChI=1S/C12H14N2O/c1-3-9-13-10-12(15)14(2)11-7-5-4-6-8-11/h1,4-8,13H,9-10H2,2H3. The van der Waals surface area contributed by atoms with Crippen molar-refractivity contribution >= 4 is 11.6 Å². The van der Waals surface area contributed by atoms with Gasteiger partial charge in [0.1, 0.15) is 0 Å². The average Bonchev–Trinajstić information content (AvgIpc) is 2.29. The molecule has 1 amide bonds. The monoisotopic (exact) mass is 202 g/mol. The molecule has 0 radical (unpaired) electrons. The minimum Gasteiger partial charge on any atom is -0.314 e. The first-order valence-corrected chi connectivity index (χ1v) is 4.71. The van der Waals surface area contributed by atoms with Crippen LogP contribution in [0.15, 0.2) is 30.3 Å². The first-order valence-electron chi connectivity index (χ1n) is 4.71. The van der Waals surface area contributed by atoms with Gasteiger partial charge in [-0.3, -0.25) is 10.1 Å². The predicted molar refractivity (Wildman–Crippen MR) is 61.6 cm³/mol. The van der Waals surface area contributed by atoms with E-state index in [0.717, 1.165) is 5.69 Å². The topological polar surface area (TPSA) is 32.3 Å². The molecular formula is C12H14N2O. The van der Waals surface area contributed by atoms with E-state index in [2.05, 4.69) is 11.2 Å². The summed E-state index contributed by atoms with van der Waals surface area (Å²) in [5.41, 5.74) is 0.880. The lowest BCUT2D eigenvalue weighted by molar-refractivity contribution is -0.117. The molecule has 0 aliphatic carbocycles. The van der Waals surface area contributed by atoms with Crippen LogP contribution in [0.3, 0.4) is 0 Å².